The van der Waals surface area contributed by atoms with Crippen LogP contribution in [0.5, 0.6) is 0 Å². The number of hydrogen-bond donors (Lipinski definition) is 2. The smallest absolute Gasteiger partial charge is 0.244 e. The minimum Gasteiger partial charge on any atom is -0.399 e. The first kappa shape index (κ1) is 18.9. The molecule has 1 amide bonds. The maximum atomic E-state index is 12.1. The van der Waals surface area contributed by atoms with E-state index in [1.807, 2.05) is 52.0 Å². The lowest BCUT2D eigenvalue weighted by atomic mass is 10.0. The predicted molar refractivity (Wildman–Crippen MR) is 103 cm³/mol. The second-order valence-corrected chi connectivity index (χ2v) is 6.74. The van der Waals surface area contributed by atoms with Gasteiger partial charge in [-0.05, 0) is 69.5 Å². The van der Waals surface area contributed by atoms with Crippen LogP contribution in [0.4, 0.5) is 5.69 Å². The van der Waals surface area contributed by atoms with Gasteiger partial charge in [0.2, 0.25) is 5.91 Å². The van der Waals surface area contributed by atoms with Gasteiger partial charge in [-0.25, -0.2) is 0 Å². The molecule has 25 heavy (non-hydrogen) atoms. The van der Waals surface area contributed by atoms with Crippen molar-refractivity contribution in [2.24, 2.45) is 0 Å². The van der Waals surface area contributed by atoms with Crippen molar-refractivity contribution in [3.05, 3.63) is 42.1 Å². The second-order valence-electron chi connectivity index (χ2n) is 6.74. The van der Waals surface area contributed by atoms with Gasteiger partial charge in [0.1, 0.15) is 0 Å². The number of carbonyl (C=O) groups excluding carboxylic acids is 1. The summed E-state index contributed by atoms with van der Waals surface area (Å²) in [6.07, 6.45) is 4.13. The Morgan fingerprint density at radius 2 is 2.12 bits per heavy atom. The number of benzene rings is 1. The molecule has 5 nitrogen and oxygen atoms in total. The first-order valence-corrected chi connectivity index (χ1v) is 8.56. The number of fused-ring (bicyclic) bond motifs is 1. The van der Waals surface area contributed by atoms with E-state index in [2.05, 4.69) is 10.3 Å². The van der Waals surface area contributed by atoms with E-state index < -0.39 is 0 Å². The molecule has 3 N–H and O–H groups in total. The molecular formula is C20H27N3O2. The second kappa shape index (κ2) is 8.12. The van der Waals surface area contributed by atoms with E-state index in [1.165, 1.54) is 0 Å². The molecule has 5 heteroatoms. The number of amides is 1. The van der Waals surface area contributed by atoms with Gasteiger partial charge < -0.3 is 15.8 Å². The first-order valence-electron chi connectivity index (χ1n) is 8.56. The van der Waals surface area contributed by atoms with Crippen molar-refractivity contribution < 1.29 is 9.53 Å². The lowest BCUT2D eigenvalue weighted by Gasteiger charge is -2.24. The Morgan fingerprint density at radius 1 is 1.36 bits per heavy atom. The van der Waals surface area contributed by atoms with E-state index in [9.17, 15) is 4.79 Å². The summed E-state index contributed by atoms with van der Waals surface area (Å²) in [5.74, 6) is -0.113. The monoisotopic (exact) mass is 341 g/mol. The number of hydrogen-bond acceptors (Lipinski definition) is 4. The minimum absolute atomic E-state index is 0.113. The van der Waals surface area contributed by atoms with E-state index in [-0.39, 0.29) is 11.5 Å². The third-order valence-corrected chi connectivity index (χ3v) is 4.07. The molecule has 0 unspecified atom stereocenters. The molecule has 0 aliphatic heterocycles. The summed E-state index contributed by atoms with van der Waals surface area (Å²) >= 11 is 0. The van der Waals surface area contributed by atoms with Crippen molar-refractivity contribution in [2.75, 3.05) is 18.9 Å². The highest BCUT2D eigenvalue weighted by Crippen LogP contribution is 2.21. The van der Waals surface area contributed by atoms with Crippen LogP contribution < -0.4 is 11.1 Å². The Labute approximate surface area is 149 Å². The van der Waals surface area contributed by atoms with Crippen LogP contribution in [0, 0.1) is 0 Å². The number of ether oxygens (including phenoxy) is 1. The molecule has 0 fully saturated rings. The Balaban J connectivity index is 2.01. The summed E-state index contributed by atoms with van der Waals surface area (Å²) < 4.78 is 5.63. The number of carbonyl (C=O) groups is 1. The van der Waals surface area contributed by atoms with Gasteiger partial charge in [0.05, 0.1) is 11.1 Å². The van der Waals surface area contributed by atoms with E-state index in [4.69, 9.17) is 10.5 Å². The van der Waals surface area contributed by atoms with Gasteiger partial charge in [0, 0.05) is 36.5 Å². The zero-order valence-corrected chi connectivity index (χ0v) is 15.4. The Hall–Kier alpha value is -2.40. The fourth-order valence-corrected chi connectivity index (χ4v) is 2.65. The molecule has 2 aromatic rings. The number of anilines is 1. The van der Waals surface area contributed by atoms with Crippen molar-refractivity contribution in [2.45, 2.75) is 39.7 Å². The SMILES string of the molecule is CCOC(C)(C)CCNC(=O)/C=C(\C)c1cnc2ccc(N)cc2c1. The number of nitrogens with one attached hydrogen (secondary N) is 1. The van der Waals surface area contributed by atoms with Gasteiger partial charge in [0.15, 0.2) is 0 Å². The van der Waals surface area contributed by atoms with Crippen LogP contribution in [0.15, 0.2) is 36.5 Å². The summed E-state index contributed by atoms with van der Waals surface area (Å²) in [7, 11) is 0. The fourth-order valence-electron chi connectivity index (χ4n) is 2.65. The van der Waals surface area contributed by atoms with Crippen molar-refractivity contribution in [1.82, 2.24) is 10.3 Å². The standard InChI is InChI=1S/C20H27N3O2/c1-5-25-20(3,4)8-9-22-19(24)10-14(2)16-11-15-12-17(21)6-7-18(15)23-13-16/h6-7,10-13H,5,8-9,21H2,1-4H3,(H,22,24)/b14-10+. The van der Waals surface area contributed by atoms with Gasteiger partial charge in [-0.15, -0.1) is 0 Å². The van der Waals surface area contributed by atoms with Gasteiger partial charge in [-0.2, -0.15) is 0 Å². The Kier molecular flexibility index (Phi) is 6.15. The number of nitrogen functional groups attached to an aromatic ring is 1. The summed E-state index contributed by atoms with van der Waals surface area (Å²) in [5, 5.41) is 3.87. The summed E-state index contributed by atoms with van der Waals surface area (Å²) in [6.45, 7) is 9.16. The van der Waals surface area contributed by atoms with Gasteiger partial charge in [-0.1, -0.05) is 0 Å². The number of pyridine rings is 1. The van der Waals surface area contributed by atoms with Crippen molar-refractivity contribution in [1.29, 1.82) is 0 Å². The molecule has 0 aliphatic carbocycles. The summed E-state index contributed by atoms with van der Waals surface area (Å²) in [6, 6.07) is 7.60. The van der Waals surface area contributed by atoms with Gasteiger partial charge in [0.25, 0.3) is 0 Å². The molecule has 0 bridgehead atoms. The molecule has 134 valence electrons. The van der Waals surface area contributed by atoms with Crippen molar-refractivity contribution in [3.8, 4) is 0 Å². The molecule has 1 heterocycles. The summed E-state index contributed by atoms with van der Waals surface area (Å²) in [5.41, 5.74) is 8.94. The van der Waals surface area contributed by atoms with Gasteiger partial charge >= 0.3 is 0 Å². The highest BCUT2D eigenvalue weighted by Gasteiger charge is 2.17. The third kappa shape index (κ3) is 5.57. The summed E-state index contributed by atoms with van der Waals surface area (Å²) in [4.78, 5) is 16.5. The molecule has 0 spiro atoms. The predicted octanol–water partition coefficient (Wildman–Crippen LogP) is 3.54. The van der Waals surface area contributed by atoms with Crippen LogP contribution in [0.2, 0.25) is 0 Å². The molecule has 0 saturated carbocycles. The van der Waals surface area contributed by atoms with E-state index in [0.717, 1.165) is 28.5 Å². The largest absolute Gasteiger partial charge is 0.399 e. The third-order valence-electron chi connectivity index (χ3n) is 4.07. The van der Waals surface area contributed by atoms with Crippen LogP contribution >= 0.6 is 0 Å². The zero-order valence-electron chi connectivity index (χ0n) is 15.4. The molecule has 1 aromatic heterocycles. The number of allylic oxidation sites excluding steroid dienone is 1. The molecule has 0 aliphatic rings. The number of rotatable bonds is 7. The lowest BCUT2D eigenvalue weighted by molar-refractivity contribution is -0.116. The molecule has 1 aromatic carbocycles. The average molecular weight is 341 g/mol. The highest BCUT2D eigenvalue weighted by atomic mass is 16.5. The van der Waals surface area contributed by atoms with Crippen LogP contribution in [-0.2, 0) is 9.53 Å². The topological polar surface area (TPSA) is 77.2 Å². The van der Waals surface area contributed by atoms with Crippen LogP contribution in [0.25, 0.3) is 16.5 Å². The number of aromatic nitrogens is 1. The average Bonchev–Trinajstić information content (AvgIpc) is 2.53. The minimum atomic E-state index is -0.233. The molecule has 2 rings (SSSR count). The number of nitrogens with zero attached hydrogens (tertiary/aromatic N) is 1. The highest BCUT2D eigenvalue weighted by molar-refractivity contribution is 5.95. The number of nitrogens with two attached hydrogens (primary N) is 1. The zero-order chi connectivity index (χ0) is 18.4. The molecular weight excluding hydrogens is 314 g/mol. The Morgan fingerprint density at radius 3 is 2.84 bits per heavy atom. The van der Waals surface area contributed by atoms with Gasteiger partial charge in [-0.3, -0.25) is 9.78 Å². The van der Waals surface area contributed by atoms with E-state index >= 15 is 0 Å². The molecule has 0 saturated heterocycles. The normalized spacial score (nSPS) is 12.4. The Bertz CT molecular complexity index is 782. The van der Waals surface area contributed by atoms with E-state index in [1.54, 1.807) is 12.3 Å². The maximum Gasteiger partial charge on any atom is 0.244 e. The van der Waals surface area contributed by atoms with Crippen molar-refractivity contribution in [3.63, 3.8) is 0 Å². The van der Waals surface area contributed by atoms with E-state index in [0.29, 0.717) is 18.8 Å². The van der Waals surface area contributed by atoms with Crippen LogP contribution in [0.1, 0.15) is 39.7 Å². The first-order chi connectivity index (χ1) is 11.8. The quantitative estimate of drug-likeness (QED) is 0.596. The lowest BCUT2D eigenvalue weighted by Crippen LogP contribution is -2.32. The molecule has 0 radical (unpaired) electrons. The fraction of sp³-hybridized carbons (Fsp3) is 0.400. The van der Waals surface area contributed by atoms with Crippen LogP contribution in [0.3, 0.4) is 0 Å². The maximum absolute atomic E-state index is 12.1. The molecule has 0 atom stereocenters. The van der Waals surface area contributed by atoms with Crippen LogP contribution in [-0.4, -0.2) is 29.6 Å². The van der Waals surface area contributed by atoms with Crippen molar-refractivity contribution >= 4 is 28.1 Å².